The molecule has 19 heavy (non-hydrogen) atoms. The predicted molar refractivity (Wildman–Crippen MR) is 73.1 cm³/mol. The summed E-state index contributed by atoms with van der Waals surface area (Å²) in [7, 11) is 2.13. The van der Waals surface area contributed by atoms with Gasteiger partial charge < -0.3 is 4.90 Å². The van der Waals surface area contributed by atoms with Crippen LogP contribution >= 0.6 is 0 Å². The Bertz CT molecular complexity index is 481. The fraction of sp³-hybridized carbons (Fsp3) is 0.533. The zero-order chi connectivity index (χ0) is 13.8. The Labute approximate surface area is 114 Å². The number of nitriles is 1. The van der Waals surface area contributed by atoms with Gasteiger partial charge in [0.15, 0.2) is 0 Å². The van der Waals surface area contributed by atoms with Crippen LogP contribution in [0.15, 0.2) is 18.2 Å². The van der Waals surface area contributed by atoms with Gasteiger partial charge in [-0.15, -0.1) is 0 Å². The van der Waals surface area contributed by atoms with Crippen LogP contribution in [0.4, 0.5) is 4.39 Å². The smallest absolute Gasteiger partial charge is 0.123 e. The Hall–Kier alpha value is -1.44. The zero-order valence-corrected chi connectivity index (χ0v) is 11.6. The molecule has 1 aromatic rings. The van der Waals surface area contributed by atoms with Crippen LogP contribution in [-0.2, 0) is 6.54 Å². The van der Waals surface area contributed by atoms with Crippen LogP contribution in [0.5, 0.6) is 0 Å². The first-order valence-corrected chi connectivity index (χ1v) is 6.71. The highest BCUT2D eigenvalue weighted by Crippen LogP contribution is 2.17. The van der Waals surface area contributed by atoms with E-state index in [0.717, 1.165) is 31.6 Å². The van der Waals surface area contributed by atoms with E-state index in [1.165, 1.54) is 12.1 Å². The van der Waals surface area contributed by atoms with Gasteiger partial charge in [0.2, 0.25) is 0 Å². The SMILES string of the molecule is CC1CN(C)CCCN1Cc1cc(F)ccc1C#N. The molecule has 0 spiro atoms. The van der Waals surface area contributed by atoms with Crippen LogP contribution in [-0.4, -0.2) is 42.5 Å². The third-order valence-corrected chi connectivity index (χ3v) is 3.75. The molecule has 4 heteroatoms. The van der Waals surface area contributed by atoms with E-state index < -0.39 is 0 Å². The van der Waals surface area contributed by atoms with Gasteiger partial charge in [0.1, 0.15) is 5.82 Å². The van der Waals surface area contributed by atoms with Gasteiger partial charge in [-0.25, -0.2) is 4.39 Å². The average Bonchev–Trinajstić information content (AvgIpc) is 2.52. The molecule has 2 rings (SSSR count). The van der Waals surface area contributed by atoms with Gasteiger partial charge in [-0.05, 0) is 50.7 Å². The summed E-state index contributed by atoms with van der Waals surface area (Å²) in [6, 6.07) is 6.97. The van der Waals surface area contributed by atoms with Crippen molar-refractivity contribution in [2.45, 2.75) is 25.9 Å². The third-order valence-electron chi connectivity index (χ3n) is 3.75. The fourth-order valence-electron chi connectivity index (χ4n) is 2.68. The summed E-state index contributed by atoms with van der Waals surface area (Å²) in [5.41, 5.74) is 1.37. The van der Waals surface area contributed by atoms with Crippen molar-refractivity contribution < 1.29 is 4.39 Å². The summed E-state index contributed by atoms with van der Waals surface area (Å²) >= 11 is 0. The number of hydrogen-bond donors (Lipinski definition) is 0. The topological polar surface area (TPSA) is 30.3 Å². The van der Waals surface area contributed by atoms with E-state index in [2.05, 4.69) is 29.8 Å². The second-order valence-corrected chi connectivity index (χ2v) is 5.35. The number of likely N-dealkylation sites (N-methyl/N-ethyl adjacent to an activating group) is 1. The summed E-state index contributed by atoms with van der Waals surface area (Å²) < 4.78 is 13.3. The van der Waals surface area contributed by atoms with Crippen molar-refractivity contribution in [2.75, 3.05) is 26.7 Å². The molecule has 1 aliphatic heterocycles. The molecule has 0 radical (unpaired) electrons. The second-order valence-electron chi connectivity index (χ2n) is 5.35. The summed E-state index contributed by atoms with van der Waals surface area (Å²) in [6.45, 7) is 5.93. The zero-order valence-electron chi connectivity index (χ0n) is 11.6. The molecular weight excluding hydrogens is 241 g/mol. The molecule has 0 N–H and O–H groups in total. The molecule has 3 nitrogen and oxygen atoms in total. The van der Waals surface area contributed by atoms with Crippen LogP contribution in [0.1, 0.15) is 24.5 Å². The van der Waals surface area contributed by atoms with Crippen LogP contribution in [0, 0.1) is 17.1 Å². The Balaban J connectivity index is 2.16. The van der Waals surface area contributed by atoms with Gasteiger partial charge in [0, 0.05) is 25.7 Å². The molecule has 1 saturated heterocycles. The lowest BCUT2D eigenvalue weighted by atomic mass is 10.1. The minimum atomic E-state index is -0.270. The van der Waals surface area contributed by atoms with Gasteiger partial charge in [0.25, 0.3) is 0 Å². The lowest BCUT2D eigenvalue weighted by Crippen LogP contribution is -2.37. The number of nitrogens with zero attached hydrogens (tertiary/aromatic N) is 3. The summed E-state index contributed by atoms with van der Waals surface area (Å²) in [5, 5.41) is 9.10. The molecule has 0 bridgehead atoms. The molecule has 1 unspecified atom stereocenters. The molecule has 102 valence electrons. The molecule has 1 heterocycles. The highest BCUT2D eigenvalue weighted by Gasteiger charge is 2.20. The molecule has 0 amide bonds. The molecule has 1 fully saturated rings. The van der Waals surface area contributed by atoms with Crippen molar-refractivity contribution in [3.63, 3.8) is 0 Å². The lowest BCUT2D eigenvalue weighted by Gasteiger charge is -2.28. The fourth-order valence-corrected chi connectivity index (χ4v) is 2.68. The van der Waals surface area contributed by atoms with E-state index >= 15 is 0 Å². The van der Waals surface area contributed by atoms with Gasteiger partial charge >= 0.3 is 0 Å². The van der Waals surface area contributed by atoms with E-state index in [-0.39, 0.29) is 5.82 Å². The van der Waals surface area contributed by atoms with Crippen molar-refractivity contribution >= 4 is 0 Å². The molecule has 1 aromatic carbocycles. The Morgan fingerprint density at radius 1 is 1.42 bits per heavy atom. The van der Waals surface area contributed by atoms with E-state index in [1.54, 1.807) is 6.07 Å². The van der Waals surface area contributed by atoms with Crippen LogP contribution in [0.25, 0.3) is 0 Å². The van der Waals surface area contributed by atoms with Crippen molar-refractivity contribution in [1.82, 2.24) is 9.80 Å². The van der Waals surface area contributed by atoms with Gasteiger partial charge in [-0.3, -0.25) is 4.90 Å². The molecule has 0 saturated carbocycles. The molecule has 0 aliphatic carbocycles. The largest absolute Gasteiger partial charge is 0.305 e. The maximum atomic E-state index is 13.3. The first-order chi connectivity index (χ1) is 9.10. The Kier molecular flexibility index (Phi) is 4.52. The highest BCUT2D eigenvalue weighted by molar-refractivity contribution is 5.37. The number of benzene rings is 1. The minimum absolute atomic E-state index is 0.270. The molecular formula is C15H20FN3. The summed E-state index contributed by atoms with van der Waals surface area (Å²) in [4.78, 5) is 4.65. The minimum Gasteiger partial charge on any atom is -0.305 e. The number of halogens is 1. The normalized spacial score (nSPS) is 21.9. The molecule has 0 aromatic heterocycles. The van der Waals surface area contributed by atoms with E-state index in [4.69, 9.17) is 5.26 Å². The first kappa shape index (κ1) is 14.0. The van der Waals surface area contributed by atoms with Crippen molar-refractivity contribution in [1.29, 1.82) is 5.26 Å². The average molecular weight is 261 g/mol. The van der Waals surface area contributed by atoms with Gasteiger partial charge in [-0.1, -0.05) is 0 Å². The van der Waals surface area contributed by atoms with Gasteiger partial charge in [-0.2, -0.15) is 5.26 Å². The maximum absolute atomic E-state index is 13.3. The van der Waals surface area contributed by atoms with E-state index in [1.807, 2.05) is 0 Å². The van der Waals surface area contributed by atoms with Gasteiger partial charge in [0.05, 0.1) is 11.6 Å². The summed E-state index contributed by atoms with van der Waals surface area (Å²) in [5.74, 6) is -0.270. The molecule has 1 aliphatic rings. The highest BCUT2D eigenvalue weighted by atomic mass is 19.1. The van der Waals surface area contributed by atoms with E-state index in [0.29, 0.717) is 18.2 Å². The first-order valence-electron chi connectivity index (χ1n) is 6.71. The quantitative estimate of drug-likeness (QED) is 0.818. The van der Waals surface area contributed by atoms with Crippen LogP contribution in [0.3, 0.4) is 0 Å². The Morgan fingerprint density at radius 3 is 2.95 bits per heavy atom. The standard InChI is InChI=1S/C15H20FN3/c1-12-10-18(2)6-3-7-19(12)11-14-8-15(16)5-4-13(14)9-17/h4-5,8,12H,3,6-7,10-11H2,1-2H3. The Morgan fingerprint density at radius 2 is 2.21 bits per heavy atom. The van der Waals surface area contributed by atoms with E-state index in [9.17, 15) is 4.39 Å². The van der Waals surface area contributed by atoms with Crippen LogP contribution in [0.2, 0.25) is 0 Å². The van der Waals surface area contributed by atoms with Crippen molar-refractivity contribution in [3.8, 4) is 6.07 Å². The lowest BCUT2D eigenvalue weighted by molar-refractivity contribution is 0.194. The monoisotopic (exact) mass is 261 g/mol. The number of rotatable bonds is 2. The number of hydrogen-bond acceptors (Lipinski definition) is 3. The summed E-state index contributed by atoms with van der Waals surface area (Å²) in [6.07, 6.45) is 1.11. The predicted octanol–water partition coefficient (Wildman–Crippen LogP) is 2.22. The third kappa shape index (κ3) is 3.52. The molecule has 1 atom stereocenters. The maximum Gasteiger partial charge on any atom is 0.123 e. The van der Waals surface area contributed by atoms with Crippen molar-refractivity contribution in [2.24, 2.45) is 0 Å². The van der Waals surface area contributed by atoms with Crippen molar-refractivity contribution in [3.05, 3.63) is 35.1 Å². The van der Waals surface area contributed by atoms with Crippen LogP contribution < -0.4 is 0 Å². The second kappa shape index (κ2) is 6.14.